The highest BCUT2D eigenvalue weighted by molar-refractivity contribution is 5.85. The first-order valence-corrected chi connectivity index (χ1v) is 9.40. The predicted molar refractivity (Wildman–Crippen MR) is 103 cm³/mol. The van der Waals surface area contributed by atoms with Gasteiger partial charge in [-0.2, -0.15) is 0 Å². The lowest BCUT2D eigenvalue weighted by atomic mass is 9.64. The highest BCUT2D eigenvalue weighted by Crippen LogP contribution is 2.61. The van der Waals surface area contributed by atoms with Crippen molar-refractivity contribution >= 4 is 5.78 Å². The number of methoxy groups -OCH3 is 1. The quantitative estimate of drug-likeness (QED) is 0.795. The molecule has 1 spiro atoms. The molecule has 1 heterocycles. The van der Waals surface area contributed by atoms with Crippen LogP contribution in [0.2, 0.25) is 0 Å². The van der Waals surface area contributed by atoms with Gasteiger partial charge in [0.15, 0.2) is 0 Å². The number of ketones is 1. The number of hydrogen-bond acceptors (Lipinski definition) is 4. The third-order valence-electron chi connectivity index (χ3n) is 6.17. The molecular weight excluding hydrogens is 340 g/mol. The number of carbonyl (C=O) groups is 1. The average Bonchev–Trinajstić information content (AvgIpc) is 3.07. The molecule has 1 saturated carbocycles. The molecule has 0 aromatic heterocycles. The molecule has 4 heteroatoms. The number of hydrogen-bond donors (Lipinski definition) is 0. The third kappa shape index (κ3) is 2.74. The summed E-state index contributed by atoms with van der Waals surface area (Å²) in [6, 6.07) is 14.2. The number of ether oxygens (including phenoxy) is 3. The fourth-order valence-corrected chi connectivity index (χ4v) is 4.72. The van der Waals surface area contributed by atoms with Crippen LogP contribution in [0.15, 0.2) is 42.5 Å². The highest BCUT2D eigenvalue weighted by atomic mass is 16.7. The van der Waals surface area contributed by atoms with Gasteiger partial charge in [0, 0.05) is 25.5 Å². The van der Waals surface area contributed by atoms with E-state index in [-0.39, 0.29) is 11.2 Å². The molecule has 0 N–H and O–H groups in total. The molecule has 27 heavy (non-hydrogen) atoms. The van der Waals surface area contributed by atoms with Gasteiger partial charge in [0.1, 0.15) is 23.9 Å². The van der Waals surface area contributed by atoms with Crippen molar-refractivity contribution in [3.63, 3.8) is 0 Å². The maximum Gasteiger partial charge on any atom is 0.210 e. The lowest BCUT2D eigenvalue weighted by molar-refractivity contribution is -0.122. The second-order valence-electron chi connectivity index (χ2n) is 8.32. The summed E-state index contributed by atoms with van der Waals surface area (Å²) in [5, 5.41) is 0. The van der Waals surface area contributed by atoms with E-state index in [1.165, 1.54) is 0 Å². The average molecular weight is 366 g/mol. The first-order valence-electron chi connectivity index (χ1n) is 9.40. The van der Waals surface area contributed by atoms with Crippen molar-refractivity contribution in [1.82, 2.24) is 0 Å². The summed E-state index contributed by atoms with van der Waals surface area (Å²) in [6.45, 7) is 6.78. The van der Waals surface area contributed by atoms with Crippen LogP contribution in [0.4, 0.5) is 0 Å². The van der Waals surface area contributed by atoms with Gasteiger partial charge in [0.2, 0.25) is 6.29 Å². The molecule has 1 aliphatic heterocycles. The Morgan fingerprint density at radius 3 is 2.52 bits per heavy atom. The minimum atomic E-state index is -0.479. The van der Waals surface area contributed by atoms with Crippen LogP contribution in [-0.4, -0.2) is 19.2 Å². The van der Waals surface area contributed by atoms with E-state index in [4.69, 9.17) is 14.2 Å². The fourth-order valence-electron chi connectivity index (χ4n) is 4.72. The summed E-state index contributed by atoms with van der Waals surface area (Å²) in [5.41, 5.74) is 2.43. The molecule has 0 saturated heterocycles. The molecule has 2 aliphatic rings. The SMILES string of the molecule is CO[C@@H]1Oc2cc(C)c(OCc3ccccc3)cc2[C@]12CC(=O)CC2(C)C. The Kier molecular flexibility index (Phi) is 4.26. The van der Waals surface area contributed by atoms with Gasteiger partial charge in [-0.1, -0.05) is 44.2 Å². The Morgan fingerprint density at radius 1 is 1.15 bits per heavy atom. The first kappa shape index (κ1) is 18.1. The van der Waals surface area contributed by atoms with Crippen molar-refractivity contribution in [2.45, 2.75) is 51.9 Å². The van der Waals surface area contributed by atoms with Gasteiger partial charge in [-0.25, -0.2) is 0 Å². The monoisotopic (exact) mass is 366 g/mol. The molecule has 1 fully saturated rings. The van der Waals surface area contributed by atoms with E-state index < -0.39 is 11.7 Å². The highest BCUT2D eigenvalue weighted by Gasteiger charge is 2.63. The Labute approximate surface area is 160 Å². The molecule has 2 aromatic rings. The second-order valence-corrected chi connectivity index (χ2v) is 8.32. The number of fused-ring (bicyclic) bond motifs is 2. The van der Waals surface area contributed by atoms with Crippen LogP contribution in [0, 0.1) is 12.3 Å². The topological polar surface area (TPSA) is 44.8 Å². The van der Waals surface area contributed by atoms with E-state index in [1.807, 2.05) is 43.3 Å². The molecule has 2 atom stereocenters. The molecular formula is C23H26O4. The van der Waals surface area contributed by atoms with Crippen molar-refractivity contribution in [3.8, 4) is 11.5 Å². The van der Waals surface area contributed by atoms with Crippen LogP contribution in [-0.2, 0) is 21.6 Å². The van der Waals surface area contributed by atoms with E-state index in [0.717, 1.165) is 28.2 Å². The van der Waals surface area contributed by atoms with Crippen molar-refractivity contribution in [2.24, 2.45) is 5.41 Å². The van der Waals surface area contributed by atoms with Gasteiger partial charge in [-0.15, -0.1) is 0 Å². The van der Waals surface area contributed by atoms with E-state index >= 15 is 0 Å². The summed E-state index contributed by atoms with van der Waals surface area (Å²) in [7, 11) is 1.65. The van der Waals surface area contributed by atoms with Gasteiger partial charge in [-0.3, -0.25) is 4.79 Å². The Morgan fingerprint density at radius 2 is 1.89 bits per heavy atom. The lowest BCUT2D eigenvalue weighted by Crippen LogP contribution is -2.47. The molecule has 4 rings (SSSR count). The summed E-state index contributed by atoms with van der Waals surface area (Å²) in [5.74, 6) is 1.88. The Balaban J connectivity index is 1.74. The fraction of sp³-hybridized carbons (Fsp3) is 0.435. The largest absolute Gasteiger partial charge is 0.489 e. The molecule has 0 bridgehead atoms. The second kappa shape index (κ2) is 6.38. The van der Waals surface area contributed by atoms with E-state index in [0.29, 0.717) is 19.4 Å². The Hall–Kier alpha value is -2.33. The van der Waals surface area contributed by atoms with Crippen molar-refractivity contribution in [3.05, 3.63) is 59.2 Å². The van der Waals surface area contributed by atoms with Gasteiger partial charge >= 0.3 is 0 Å². The van der Waals surface area contributed by atoms with Gasteiger partial charge in [0.25, 0.3) is 0 Å². The van der Waals surface area contributed by atoms with Crippen LogP contribution < -0.4 is 9.47 Å². The minimum Gasteiger partial charge on any atom is -0.489 e. The molecule has 0 unspecified atom stereocenters. The van der Waals surface area contributed by atoms with E-state index in [1.54, 1.807) is 7.11 Å². The van der Waals surface area contributed by atoms with Gasteiger partial charge in [-0.05, 0) is 35.6 Å². The zero-order chi connectivity index (χ0) is 19.2. The minimum absolute atomic E-state index is 0.248. The maximum absolute atomic E-state index is 12.4. The number of rotatable bonds is 4. The molecule has 4 nitrogen and oxygen atoms in total. The summed E-state index contributed by atoms with van der Waals surface area (Å²) in [6.07, 6.45) is 0.508. The summed E-state index contributed by atoms with van der Waals surface area (Å²) < 4.78 is 18.0. The molecule has 1 aliphatic carbocycles. The standard InChI is InChI=1S/C23H26O4/c1-15-10-20-18(11-19(15)26-14-16-8-6-5-7-9-16)23(21(25-4)27-20)13-17(24)12-22(23,2)3/h5-11,21H,12-14H2,1-4H3/t21-,23-/m1/s1. The van der Waals surface area contributed by atoms with E-state index in [9.17, 15) is 4.79 Å². The van der Waals surface area contributed by atoms with Crippen LogP contribution in [0.3, 0.4) is 0 Å². The van der Waals surface area contributed by atoms with Crippen molar-refractivity contribution in [1.29, 1.82) is 0 Å². The smallest absolute Gasteiger partial charge is 0.210 e. The van der Waals surface area contributed by atoms with E-state index in [2.05, 4.69) is 19.9 Å². The number of benzene rings is 2. The van der Waals surface area contributed by atoms with Gasteiger partial charge in [0.05, 0.1) is 5.41 Å². The lowest BCUT2D eigenvalue weighted by Gasteiger charge is -2.40. The third-order valence-corrected chi connectivity index (χ3v) is 6.17. The number of aryl methyl sites for hydroxylation is 1. The zero-order valence-corrected chi connectivity index (χ0v) is 16.4. The zero-order valence-electron chi connectivity index (χ0n) is 16.4. The summed E-state index contributed by atoms with van der Waals surface area (Å²) in [4.78, 5) is 12.4. The number of Topliss-reactive ketones (excluding diaryl/α,β-unsaturated/α-hetero) is 1. The van der Waals surface area contributed by atoms with Crippen molar-refractivity contribution < 1.29 is 19.0 Å². The molecule has 2 aromatic carbocycles. The van der Waals surface area contributed by atoms with Crippen LogP contribution in [0.25, 0.3) is 0 Å². The van der Waals surface area contributed by atoms with Gasteiger partial charge < -0.3 is 14.2 Å². The maximum atomic E-state index is 12.4. The molecule has 0 amide bonds. The summed E-state index contributed by atoms with van der Waals surface area (Å²) >= 11 is 0. The normalized spacial score (nSPS) is 25.5. The van der Waals surface area contributed by atoms with Crippen molar-refractivity contribution in [2.75, 3.05) is 7.11 Å². The predicted octanol–water partition coefficient (Wildman–Crippen LogP) is 4.57. The first-order chi connectivity index (χ1) is 12.9. The van der Waals surface area contributed by atoms with Crippen LogP contribution >= 0.6 is 0 Å². The van der Waals surface area contributed by atoms with Crippen LogP contribution in [0.1, 0.15) is 43.4 Å². The number of carbonyl (C=O) groups excluding carboxylic acids is 1. The Bertz CT molecular complexity index is 871. The molecule has 0 radical (unpaired) electrons. The molecule has 142 valence electrons. The van der Waals surface area contributed by atoms with Crippen LogP contribution in [0.5, 0.6) is 11.5 Å².